The first kappa shape index (κ1) is 17.1. The first-order valence-corrected chi connectivity index (χ1v) is 9.35. The molecule has 0 saturated carbocycles. The van der Waals surface area contributed by atoms with E-state index in [4.69, 9.17) is 0 Å². The summed E-state index contributed by atoms with van der Waals surface area (Å²) in [6.45, 7) is 4.03. The molecule has 6 nitrogen and oxygen atoms in total. The lowest BCUT2D eigenvalue weighted by Crippen LogP contribution is -2.00. The number of aryl methyl sites for hydroxylation is 2. The summed E-state index contributed by atoms with van der Waals surface area (Å²) < 4.78 is 0. The average molecular weight is 374 g/mol. The normalized spacial score (nSPS) is 10.6. The van der Waals surface area contributed by atoms with E-state index in [-0.39, 0.29) is 0 Å². The van der Waals surface area contributed by atoms with Crippen LogP contribution in [0.2, 0.25) is 0 Å². The maximum absolute atomic E-state index is 4.60. The molecule has 0 aliphatic heterocycles. The molecule has 0 fully saturated rings. The van der Waals surface area contributed by atoms with E-state index in [9.17, 15) is 0 Å². The summed E-state index contributed by atoms with van der Waals surface area (Å²) in [7, 11) is 0. The van der Waals surface area contributed by atoms with Crippen molar-refractivity contribution >= 4 is 33.8 Å². The van der Waals surface area contributed by atoms with Crippen LogP contribution in [0, 0.1) is 13.8 Å². The van der Waals surface area contributed by atoms with E-state index in [1.807, 2.05) is 49.6 Å². The van der Waals surface area contributed by atoms with Crippen molar-refractivity contribution < 1.29 is 0 Å². The van der Waals surface area contributed by atoms with E-state index in [0.29, 0.717) is 5.95 Å². The van der Waals surface area contributed by atoms with Gasteiger partial charge in [0.1, 0.15) is 0 Å². The van der Waals surface area contributed by atoms with E-state index in [2.05, 4.69) is 36.6 Å². The van der Waals surface area contributed by atoms with Crippen LogP contribution in [0.4, 0.5) is 22.5 Å². The molecule has 27 heavy (non-hydrogen) atoms. The molecule has 2 N–H and O–H groups in total. The van der Waals surface area contributed by atoms with Crippen molar-refractivity contribution in [2.24, 2.45) is 0 Å². The Labute approximate surface area is 161 Å². The summed E-state index contributed by atoms with van der Waals surface area (Å²) in [5.41, 5.74) is 5.79. The Kier molecular flexibility index (Phi) is 4.76. The van der Waals surface area contributed by atoms with Crippen molar-refractivity contribution in [1.29, 1.82) is 0 Å². The third-order valence-corrected chi connectivity index (χ3v) is 4.84. The number of rotatable bonds is 5. The topological polar surface area (TPSA) is 75.6 Å². The van der Waals surface area contributed by atoms with Crippen LogP contribution < -0.4 is 10.6 Å². The number of benzene rings is 1. The lowest BCUT2D eigenvalue weighted by molar-refractivity contribution is 1.16. The van der Waals surface area contributed by atoms with Crippen LogP contribution >= 0.6 is 11.3 Å². The fourth-order valence-electron chi connectivity index (χ4n) is 2.58. The van der Waals surface area contributed by atoms with Crippen LogP contribution in [0.25, 0.3) is 11.3 Å². The van der Waals surface area contributed by atoms with E-state index < -0.39 is 0 Å². The van der Waals surface area contributed by atoms with Crippen LogP contribution in [-0.4, -0.2) is 19.9 Å². The Bertz CT molecular complexity index is 1060. The molecule has 3 aromatic heterocycles. The number of pyridine rings is 1. The summed E-state index contributed by atoms with van der Waals surface area (Å²) in [4.78, 5) is 17.5. The maximum atomic E-state index is 4.60. The molecule has 0 aliphatic rings. The third-order valence-electron chi connectivity index (χ3n) is 3.97. The molecule has 0 bridgehead atoms. The summed E-state index contributed by atoms with van der Waals surface area (Å²) in [6.07, 6.45) is 5.28. The van der Waals surface area contributed by atoms with Crippen molar-refractivity contribution in [2.45, 2.75) is 13.8 Å². The minimum Gasteiger partial charge on any atom is -0.331 e. The van der Waals surface area contributed by atoms with Gasteiger partial charge in [-0.25, -0.2) is 15.0 Å². The molecular formula is C20H18N6S. The highest BCUT2D eigenvalue weighted by Crippen LogP contribution is 2.27. The van der Waals surface area contributed by atoms with Crippen LogP contribution in [0.5, 0.6) is 0 Å². The second-order valence-corrected chi connectivity index (χ2v) is 6.94. The van der Waals surface area contributed by atoms with Gasteiger partial charge >= 0.3 is 0 Å². The highest BCUT2D eigenvalue weighted by molar-refractivity contribution is 7.13. The molecule has 3 heterocycles. The Balaban J connectivity index is 1.58. The van der Waals surface area contributed by atoms with Gasteiger partial charge in [0.05, 0.1) is 11.4 Å². The van der Waals surface area contributed by atoms with Crippen molar-refractivity contribution in [3.8, 4) is 11.3 Å². The minimum absolute atomic E-state index is 0.543. The monoisotopic (exact) mass is 374 g/mol. The molecule has 4 aromatic rings. The first-order chi connectivity index (χ1) is 13.2. The molecule has 0 saturated heterocycles. The van der Waals surface area contributed by atoms with Crippen molar-refractivity contribution in [3.63, 3.8) is 0 Å². The highest BCUT2D eigenvalue weighted by Gasteiger charge is 2.07. The van der Waals surface area contributed by atoms with Crippen LogP contribution in [0.1, 0.15) is 11.3 Å². The number of aromatic nitrogens is 4. The van der Waals surface area contributed by atoms with E-state index in [1.54, 1.807) is 29.9 Å². The number of hydrogen-bond acceptors (Lipinski definition) is 7. The minimum atomic E-state index is 0.543. The molecule has 7 heteroatoms. The molecule has 0 aliphatic carbocycles. The maximum Gasteiger partial charge on any atom is 0.227 e. The highest BCUT2D eigenvalue weighted by atomic mass is 32.1. The van der Waals surface area contributed by atoms with Gasteiger partial charge in [-0.15, -0.1) is 11.3 Å². The molecule has 134 valence electrons. The Morgan fingerprint density at radius 2 is 1.89 bits per heavy atom. The van der Waals surface area contributed by atoms with E-state index in [0.717, 1.165) is 39.0 Å². The van der Waals surface area contributed by atoms with Gasteiger partial charge in [0.15, 0.2) is 5.13 Å². The first-order valence-electron chi connectivity index (χ1n) is 8.48. The summed E-state index contributed by atoms with van der Waals surface area (Å²) >= 11 is 1.58. The van der Waals surface area contributed by atoms with Gasteiger partial charge in [-0.05, 0) is 49.7 Å². The summed E-state index contributed by atoms with van der Waals surface area (Å²) in [5, 5.41) is 9.54. The number of hydrogen-bond donors (Lipinski definition) is 2. The second-order valence-electron chi connectivity index (χ2n) is 6.08. The molecule has 4 rings (SSSR count). The van der Waals surface area contributed by atoms with Gasteiger partial charge in [-0.1, -0.05) is 6.07 Å². The molecular weight excluding hydrogens is 356 g/mol. The fraction of sp³-hybridized carbons (Fsp3) is 0.100. The zero-order valence-corrected chi connectivity index (χ0v) is 15.8. The number of thiazole rings is 1. The lowest BCUT2D eigenvalue weighted by atomic mass is 10.2. The van der Waals surface area contributed by atoms with Gasteiger partial charge in [-0.2, -0.15) is 0 Å². The molecule has 0 atom stereocenters. The zero-order chi connectivity index (χ0) is 18.6. The fourth-order valence-corrected chi connectivity index (χ4v) is 3.29. The largest absolute Gasteiger partial charge is 0.331 e. The average Bonchev–Trinajstić information content (AvgIpc) is 3.10. The Morgan fingerprint density at radius 1 is 0.963 bits per heavy atom. The van der Waals surface area contributed by atoms with Crippen molar-refractivity contribution in [2.75, 3.05) is 10.6 Å². The van der Waals surface area contributed by atoms with E-state index >= 15 is 0 Å². The third kappa shape index (κ3) is 4.09. The van der Waals surface area contributed by atoms with Crippen molar-refractivity contribution in [3.05, 3.63) is 71.6 Å². The van der Waals surface area contributed by atoms with Crippen molar-refractivity contribution in [1.82, 2.24) is 19.9 Å². The van der Waals surface area contributed by atoms with Gasteiger partial charge in [-0.3, -0.25) is 4.98 Å². The molecule has 0 spiro atoms. The summed E-state index contributed by atoms with van der Waals surface area (Å²) in [6, 6.07) is 11.9. The molecule has 0 radical (unpaired) electrons. The van der Waals surface area contributed by atoms with Crippen LogP contribution in [0.15, 0.2) is 60.4 Å². The van der Waals surface area contributed by atoms with Gasteiger partial charge in [0.2, 0.25) is 5.95 Å². The predicted molar refractivity (Wildman–Crippen MR) is 110 cm³/mol. The molecule has 1 aromatic carbocycles. The second kappa shape index (κ2) is 7.51. The standard InChI is InChI=1S/C20H18N6S/c1-13-5-6-16(24-20-23-14(2)12-27-20)10-18(13)26-19-22-9-7-17(25-19)15-4-3-8-21-11-15/h3-12H,1-2H3,(H,23,24)(H,22,25,26). The number of anilines is 4. The number of nitrogens with one attached hydrogen (secondary N) is 2. The number of nitrogens with zero attached hydrogens (tertiary/aromatic N) is 4. The zero-order valence-electron chi connectivity index (χ0n) is 15.0. The van der Waals surface area contributed by atoms with E-state index in [1.165, 1.54) is 0 Å². The van der Waals surface area contributed by atoms with Crippen LogP contribution in [0.3, 0.4) is 0 Å². The van der Waals surface area contributed by atoms with Crippen LogP contribution in [-0.2, 0) is 0 Å². The SMILES string of the molecule is Cc1csc(Nc2ccc(C)c(Nc3nccc(-c4cccnc4)n3)c2)n1. The predicted octanol–water partition coefficient (Wildman–Crippen LogP) is 5.10. The van der Waals surface area contributed by atoms with Gasteiger partial charge in [0, 0.05) is 40.9 Å². The summed E-state index contributed by atoms with van der Waals surface area (Å²) in [5.74, 6) is 0.543. The van der Waals surface area contributed by atoms with Gasteiger partial charge in [0.25, 0.3) is 0 Å². The molecule has 0 unspecified atom stereocenters. The Hall–Kier alpha value is -3.32. The molecule has 0 amide bonds. The lowest BCUT2D eigenvalue weighted by Gasteiger charge is -2.11. The Morgan fingerprint density at radius 3 is 2.67 bits per heavy atom. The smallest absolute Gasteiger partial charge is 0.227 e. The quantitative estimate of drug-likeness (QED) is 0.506. The van der Waals surface area contributed by atoms with Gasteiger partial charge < -0.3 is 10.6 Å².